The minimum absolute atomic E-state index is 0.0846. The molecular weight excluding hydrogens is 450 g/mol. The predicted octanol–water partition coefficient (Wildman–Crippen LogP) is 2.39. The fourth-order valence-electron chi connectivity index (χ4n) is 3.01. The first-order chi connectivity index (χ1) is 14.5. The van der Waals surface area contributed by atoms with E-state index >= 15 is 0 Å². The van der Waals surface area contributed by atoms with Crippen LogP contribution in [0.4, 0.5) is 11.4 Å². The Labute approximate surface area is 174 Å². The Morgan fingerprint density at radius 2 is 1.71 bits per heavy atom. The molecule has 0 amide bonds. The van der Waals surface area contributed by atoms with E-state index in [4.69, 9.17) is 0 Å². The van der Waals surface area contributed by atoms with Crippen LogP contribution in [0, 0.1) is 6.92 Å². The topological polar surface area (TPSA) is 184 Å². The Morgan fingerprint density at radius 3 is 2.39 bits per heavy atom. The maximum atomic E-state index is 12.4. The lowest BCUT2D eigenvalue weighted by molar-refractivity contribution is 0.478. The second-order valence-corrected chi connectivity index (χ2v) is 9.26. The minimum atomic E-state index is -4.78. The molecule has 0 saturated heterocycles. The van der Waals surface area contributed by atoms with Crippen molar-refractivity contribution in [1.29, 1.82) is 0 Å². The van der Waals surface area contributed by atoms with E-state index in [0.717, 1.165) is 18.2 Å². The third-order valence-electron chi connectivity index (χ3n) is 4.40. The van der Waals surface area contributed by atoms with Gasteiger partial charge >= 0.3 is 0 Å². The van der Waals surface area contributed by atoms with E-state index in [1.54, 1.807) is 31.2 Å². The van der Waals surface area contributed by atoms with E-state index in [2.05, 4.69) is 20.3 Å². The van der Waals surface area contributed by atoms with Crippen LogP contribution in [0.25, 0.3) is 16.6 Å². The molecule has 0 aliphatic heterocycles. The highest BCUT2D eigenvalue weighted by Gasteiger charge is 2.20. The van der Waals surface area contributed by atoms with Crippen molar-refractivity contribution in [3.8, 4) is 0 Å². The molecule has 0 bridgehead atoms. The van der Waals surface area contributed by atoms with Crippen molar-refractivity contribution < 1.29 is 25.9 Å². The second kappa shape index (κ2) is 7.05. The number of H-pyrrole nitrogens is 1. The molecule has 0 radical (unpaired) electrons. The molecular formula is C17H13N5O7S2. The van der Waals surface area contributed by atoms with Gasteiger partial charge in [0.15, 0.2) is 11.3 Å². The number of nitrogens with one attached hydrogen (secondary N) is 1. The quantitative estimate of drug-likeness (QED) is 0.304. The van der Waals surface area contributed by atoms with Crippen LogP contribution in [0.15, 0.2) is 67.3 Å². The molecule has 0 aliphatic rings. The highest BCUT2D eigenvalue weighted by molar-refractivity contribution is 7.86. The monoisotopic (exact) mass is 463 g/mol. The maximum absolute atomic E-state index is 12.4. The number of benzene rings is 2. The number of para-hydroxylation sites is 1. The average molecular weight is 463 g/mol. The summed E-state index contributed by atoms with van der Waals surface area (Å²) in [6.45, 7) is 1.58. The number of aromatic nitrogens is 3. The Bertz CT molecular complexity index is 1670. The van der Waals surface area contributed by atoms with Crippen molar-refractivity contribution >= 4 is 48.2 Å². The summed E-state index contributed by atoms with van der Waals surface area (Å²) in [5.41, 5.74) is 0.129. The molecule has 3 N–H and O–H groups in total. The van der Waals surface area contributed by atoms with E-state index in [0.29, 0.717) is 16.6 Å². The van der Waals surface area contributed by atoms with E-state index in [1.807, 2.05) is 0 Å². The molecule has 0 atom stereocenters. The van der Waals surface area contributed by atoms with Crippen molar-refractivity contribution in [2.24, 2.45) is 10.2 Å². The zero-order valence-electron chi connectivity index (χ0n) is 15.6. The van der Waals surface area contributed by atoms with Crippen molar-refractivity contribution in [2.45, 2.75) is 16.7 Å². The van der Waals surface area contributed by atoms with E-state index in [-0.39, 0.29) is 11.3 Å². The molecule has 14 heteroatoms. The Balaban J connectivity index is 1.95. The maximum Gasteiger partial charge on any atom is 0.296 e. The van der Waals surface area contributed by atoms with Gasteiger partial charge in [0.2, 0.25) is 0 Å². The van der Waals surface area contributed by atoms with Crippen LogP contribution in [-0.2, 0) is 20.2 Å². The second-order valence-electron chi connectivity index (χ2n) is 6.45. The molecule has 2 aromatic heterocycles. The minimum Gasteiger partial charge on any atom is -0.304 e. The lowest BCUT2D eigenvalue weighted by Gasteiger charge is -2.04. The van der Waals surface area contributed by atoms with Gasteiger partial charge in [0.05, 0.1) is 21.5 Å². The first kappa shape index (κ1) is 20.8. The van der Waals surface area contributed by atoms with Crippen LogP contribution in [0.2, 0.25) is 0 Å². The number of aryl methyl sites for hydroxylation is 1. The third kappa shape index (κ3) is 3.72. The molecule has 4 aromatic rings. The smallest absolute Gasteiger partial charge is 0.296 e. The van der Waals surface area contributed by atoms with Gasteiger partial charge in [0.25, 0.3) is 25.8 Å². The van der Waals surface area contributed by atoms with Crippen molar-refractivity contribution in [1.82, 2.24) is 14.6 Å². The van der Waals surface area contributed by atoms with Crippen LogP contribution >= 0.6 is 0 Å². The summed E-state index contributed by atoms with van der Waals surface area (Å²) in [6, 6.07) is 9.01. The molecule has 0 aliphatic carbocycles. The molecule has 0 saturated carbocycles. The summed E-state index contributed by atoms with van der Waals surface area (Å²) in [5.74, 6) is 0. The van der Waals surface area contributed by atoms with Gasteiger partial charge in [-0.15, -0.1) is 10.2 Å². The normalized spacial score (nSPS) is 12.9. The lowest BCUT2D eigenvalue weighted by atomic mass is 10.2. The van der Waals surface area contributed by atoms with Crippen molar-refractivity contribution in [3.05, 3.63) is 58.5 Å². The van der Waals surface area contributed by atoms with E-state index < -0.39 is 41.3 Å². The van der Waals surface area contributed by atoms with Crippen molar-refractivity contribution in [2.75, 3.05) is 0 Å². The standard InChI is InChI=1S/C17H13N5O7S2/c1-9-15(16-18-17(23)11-4-2-3-5-13(11)22(16)21-9)20-19-12-8-10(30(24,25)26)6-7-14(12)31(27,28)29/h2-8H,1H3,(H,18,23)(H,24,25,26)(H,27,28,29). The van der Waals surface area contributed by atoms with Crippen LogP contribution in [0.1, 0.15) is 5.69 Å². The number of aromatic amines is 1. The first-order valence-electron chi connectivity index (χ1n) is 8.48. The Hall–Kier alpha value is -3.46. The van der Waals surface area contributed by atoms with E-state index in [1.165, 1.54) is 4.52 Å². The van der Waals surface area contributed by atoms with Gasteiger partial charge < -0.3 is 4.98 Å². The molecule has 12 nitrogen and oxygen atoms in total. The predicted molar refractivity (Wildman–Crippen MR) is 108 cm³/mol. The molecule has 0 unspecified atom stereocenters. The fraction of sp³-hybridized carbons (Fsp3) is 0.0588. The first-order valence-corrected chi connectivity index (χ1v) is 11.4. The SMILES string of the molecule is Cc1nn2c([nH]c(=O)c3ccccc32)c1N=Nc1cc(S(=O)(=O)O)ccc1S(=O)(=O)O. The van der Waals surface area contributed by atoms with Gasteiger partial charge in [0.1, 0.15) is 10.6 Å². The van der Waals surface area contributed by atoms with Gasteiger partial charge in [-0.1, -0.05) is 12.1 Å². The Morgan fingerprint density at radius 1 is 1.00 bits per heavy atom. The average Bonchev–Trinajstić information content (AvgIpc) is 3.00. The van der Waals surface area contributed by atoms with Gasteiger partial charge in [-0.25, -0.2) is 4.52 Å². The molecule has 4 rings (SSSR count). The van der Waals surface area contributed by atoms with Gasteiger partial charge in [0, 0.05) is 0 Å². The van der Waals surface area contributed by atoms with Crippen LogP contribution < -0.4 is 5.56 Å². The summed E-state index contributed by atoms with van der Waals surface area (Å²) in [6.07, 6.45) is 0. The summed E-state index contributed by atoms with van der Waals surface area (Å²) in [7, 11) is -9.46. The molecule has 0 spiro atoms. The number of hydrogen-bond donors (Lipinski definition) is 3. The number of fused-ring (bicyclic) bond motifs is 3. The number of nitrogens with zero attached hydrogens (tertiary/aromatic N) is 4. The zero-order chi connectivity index (χ0) is 22.6. The number of rotatable bonds is 4. The molecule has 0 fully saturated rings. The molecule has 2 aromatic carbocycles. The summed E-state index contributed by atoms with van der Waals surface area (Å²) in [5, 5.41) is 12.4. The third-order valence-corrected chi connectivity index (χ3v) is 6.15. The Kier molecular flexibility index (Phi) is 4.73. The summed E-state index contributed by atoms with van der Waals surface area (Å²) < 4.78 is 66.1. The van der Waals surface area contributed by atoms with Crippen molar-refractivity contribution in [3.63, 3.8) is 0 Å². The highest BCUT2D eigenvalue weighted by Crippen LogP contribution is 2.31. The summed E-state index contributed by atoms with van der Waals surface area (Å²) >= 11 is 0. The molecule has 2 heterocycles. The largest absolute Gasteiger partial charge is 0.304 e. The molecule has 160 valence electrons. The zero-order valence-corrected chi connectivity index (χ0v) is 17.2. The van der Waals surface area contributed by atoms with Crippen LogP contribution in [0.3, 0.4) is 0 Å². The molecule has 31 heavy (non-hydrogen) atoms. The van der Waals surface area contributed by atoms with E-state index in [9.17, 15) is 30.7 Å². The highest BCUT2D eigenvalue weighted by atomic mass is 32.2. The number of azo groups is 1. The lowest BCUT2D eigenvalue weighted by Crippen LogP contribution is -2.09. The van der Waals surface area contributed by atoms with Gasteiger partial charge in [-0.3, -0.25) is 13.9 Å². The van der Waals surface area contributed by atoms with Crippen LogP contribution in [0.5, 0.6) is 0 Å². The summed E-state index contributed by atoms with van der Waals surface area (Å²) in [4.78, 5) is 13.6. The number of hydrogen-bond acceptors (Lipinski definition) is 8. The van der Waals surface area contributed by atoms with Gasteiger partial charge in [-0.05, 0) is 37.3 Å². The fourth-order valence-corrected chi connectivity index (χ4v) is 4.11. The van der Waals surface area contributed by atoms with Crippen LogP contribution in [-0.4, -0.2) is 40.5 Å². The van der Waals surface area contributed by atoms with Gasteiger partial charge in [-0.2, -0.15) is 21.9 Å².